The monoisotopic (exact) mass is 445 g/mol. The third-order valence-corrected chi connectivity index (χ3v) is 5.47. The van der Waals surface area contributed by atoms with Crippen LogP contribution in [0.25, 0.3) is 0 Å². The third-order valence-electron chi connectivity index (χ3n) is 4.50. The van der Waals surface area contributed by atoms with Crippen molar-refractivity contribution in [3.63, 3.8) is 0 Å². The molecule has 0 aromatic heterocycles. The summed E-state index contributed by atoms with van der Waals surface area (Å²) in [6.07, 6.45) is 2.52. The third kappa shape index (κ3) is 4.31. The van der Waals surface area contributed by atoms with Crippen molar-refractivity contribution in [3.05, 3.63) is 66.5 Å². The van der Waals surface area contributed by atoms with Gasteiger partial charge in [-0.3, -0.25) is 24.8 Å². The Balaban J connectivity index is 1.39. The molecule has 0 radical (unpaired) electrons. The number of rotatable bonds is 5. The lowest BCUT2D eigenvalue weighted by Crippen LogP contribution is -2.52. The highest BCUT2D eigenvalue weighted by atomic mass is 32.2. The fraction of sp³-hybridized carbons (Fsp3) is 0.150. The number of carbonyl (C=O) groups excluding carboxylic acids is 2. The molecule has 0 fully saturated rings. The maximum absolute atomic E-state index is 13.7. The summed E-state index contributed by atoms with van der Waals surface area (Å²) in [6, 6.07) is 9.98. The molecule has 2 heterocycles. The average molecular weight is 445 g/mol. The van der Waals surface area contributed by atoms with Crippen molar-refractivity contribution < 1.29 is 23.1 Å². The molecule has 2 aliphatic rings. The van der Waals surface area contributed by atoms with E-state index in [9.17, 15) is 18.4 Å². The van der Waals surface area contributed by atoms with Crippen molar-refractivity contribution in [1.29, 1.82) is 0 Å². The number of methoxy groups -OCH3 is 1. The van der Waals surface area contributed by atoms with Crippen LogP contribution in [0.2, 0.25) is 0 Å². The van der Waals surface area contributed by atoms with Gasteiger partial charge in [0.15, 0.2) is 5.17 Å². The van der Waals surface area contributed by atoms with Crippen LogP contribution in [0.1, 0.15) is 0 Å². The van der Waals surface area contributed by atoms with Gasteiger partial charge in [0.25, 0.3) is 5.91 Å². The molecule has 160 valence electrons. The van der Waals surface area contributed by atoms with Gasteiger partial charge in [-0.2, -0.15) is 5.10 Å². The van der Waals surface area contributed by atoms with Gasteiger partial charge in [0.05, 0.1) is 24.2 Å². The number of thioether (sulfide) groups is 1. The summed E-state index contributed by atoms with van der Waals surface area (Å²) >= 11 is 1.07. The maximum atomic E-state index is 13.7. The van der Waals surface area contributed by atoms with E-state index in [-0.39, 0.29) is 17.3 Å². The Morgan fingerprint density at radius 1 is 1.26 bits per heavy atom. The van der Waals surface area contributed by atoms with Gasteiger partial charge < -0.3 is 10.1 Å². The first-order valence-corrected chi connectivity index (χ1v) is 10.1. The van der Waals surface area contributed by atoms with Crippen LogP contribution in [-0.2, 0) is 9.59 Å². The molecule has 2 amide bonds. The molecular formula is C20H17F2N5O3S. The molecule has 2 aromatic carbocycles. The molecule has 11 heteroatoms. The first kappa shape index (κ1) is 20.7. The summed E-state index contributed by atoms with van der Waals surface area (Å²) in [5, 5.41) is 6.92. The lowest BCUT2D eigenvalue weighted by molar-refractivity contribution is -0.122. The van der Waals surface area contributed by atoms with Crippen LogP contribution in [-0.4, -0.2) is 40.9 Å². The van der Waals surface area contributed by atoms with Crippen molar-refractivity contribution >= 4 is 40.1 Å². The van der Waals surface area contributed by atoms with Crippen molar-refractivity contribution in [2.24, 2.45) is 5.10 Å². The van der Waals surface area contributed by atoms with Gasteiger partial charge in [-0.05, 0) is 24.3 Å². The first-order chi connectivity index (χ1) is 15.0. The van der Waals surface area contributed by atoms with Crippen LogP contribution in [0.15, 0.2) is 60.0 Å². The van der Waals surface area contributed by atoms with E-state index in [1.165, 1.54) is 4.90 Å². The Hall–Kier alpha value is -3.60. The Morgan fingerprint density at radius 2 is 2.10 bits per heavy atom. The van der Waals surface area contributed by atoms with Gasteiger partial charge in [0.2, 0.25) is 12.1 Å². The van der Waals surface area contributed by atoms with Gasteiger partial charge in [0, 0.05) is 24.5 Å². The zero-order chi connectivity index (χ0) is 22.0. The summed E-state index contributed by atoms with van der Waals surface area (Å²) in [6.45, 7) is 0. The number of amidine groups is 1. The standard InChI is InChI=1S/C20H17F2N5O3S/c1-30-14-4-2-3-13(10-14)26-7-8-27-18(19(26)29)24-25-20(27)31-11-17(28)23-16-6-5-12(21)9-15(16)22/h2-10,18,24H,11H2,1H3,(H,23,28). The van der Waals surface area contributed by atoms with Crippen LogP contribution in [0, 0.1) is 11.6 Å². The quantitative estimate of drug-likeness (QED) is 0.736. The number of carbonyl (C=O) groups is 2. The van der Waals surface area contributed by atoms with E-state index in [2.05, 4.69) is 15.8 Å². The second-order valence-electron chi connectivity index (χ2n) is 6.50. The van der Waals surface area contributed by atoms with Crippen molar-refractivity contribution in [1.82, 2.24) is 10.3 Å². The number of nitrogens with zero attached hydrogens (tertiary/aromatic N) is 3. The zero-order valence-corrected chi connectivity index (χ0v) is 17.0. The molecule has 0 aliphatic carbocycles. The van der Waals surface area contributed by atoms with Gasteiger partial charge in [-0.25, -0.2) is 8.78 Å². The van der Waals surface area contributed by atoms with Gasteiger partial charge in [0.1, 0.15) is 17.4 Å². The largest absolute Gasteiger partial charge is 0.497 e. The van der Waals surface area contributed by atoms with E-state index in [1.54, 1.807) is 48.7 Å². The molecule has 0 spiro atoms. The number of hydrogen-bond acceptors (Lipinski definition) is 7. The summed E-state index contributed by atoms with van der Waals surface area (Å²) in [7, 11) is 1.55. The number of benzene rings is 2. The van der Waals surface area contributed by atoms with Crippen LogP contribution >= 0.6 is 11.8 Å². The van der Waals surface area contributed by atoms with Crippen LogP contribution < -0.4 is 20.4 Å². The molecule has 4 rings (SSSR count). The summed E-state index contributed by atoms with van der Waals surface area (Å²) in [5.41, 5.74) is 3.29. The number of hydrogen-bond donors (Lipinski definition) is 2. The number of fused-ring (bicyclic) bond motifs is 1. The Kier molecular flexibility index (Phi) is 5.76. The van der Waals surface area contributed by atoms with E-state index in [0.29, 0.717) is 22.7 Å². The molecule has 0 saturated heterocycles. The number of hydrazone groups is 1. The van der Waals surface area contributed by atoms with E-state index in [1.807, 2.05) is 0 Å². The Bertz CT molecular complexity index is 1090. The minimum absolute atomic E-state index is 0.0812. The van der Waals surface area contributed by atoms with Crippen LogP contribution in [0.5, 0.6) is 5.75 Å². The molecule has 8 nitrogen and oxygen atoms in total. The Labute approximate surface area is 180 Å². The fourth-order valence-corrected chi connectivity index (χ4v) is 3.77. The number of nitrogens with one attached hydrogen (secondary N) is 2. The SMILES string of the molecule is COc1cccc(N2C=CN3C(SCC(=O)Nc4ccc(F)cc4F)=NNC3C2=O)c1. The molecule has 1 unspecified atom stereocenters. The zero-order valence-electron chi connectivity index (χ0n) is 16.2. The van der Waals surface area contributed by atoms with Crippen molar-refractivity contribution in [2.45, 2.75) is 6.17 Å². The van der Waals surface area contributed by atoms with Gasteiger partial charge in [-0.1, -0.05) is 17.8 Å². The van der Waals surface area contributed by atoms with E-state index >= 15 is 0 Å². The molecule has 2 aliphatic heterocycles. The van der Waals surface area contributed by atoms with Gasteiger partial charge >= 0.3 is 0 Å². The average Bonchev–Trinajstić information content (AvgIpc) is 3.18. The predicted octanol–water partition coefficient (Wildman–Crippen LogP) is 2.67. The normalized spacial score (nSPS) is 17.2. The lowest BCUT2D eigenvalue weighted by Gasteiger charge is -2.32. The van der Waals surface area contributed by atoms with Gasteiger partial charge in [-0.15, -0.1) is 0 Å². The minimum atomic E-state index is -0.861. The van der Waals surface area contributed by atoms with Crippen LogP contribution in [0.4, 0.5) is 20.2 Å². The summed E-state index contributed by atoms with van der Waals surface area (Å²) in [5.74, 6) is -1.80. The molecule has 31 heavy (non-hydrogen) atoms. The van der Waals surface area contributed by atoms with E-state index < -0.39 is 23.7 Å². The lowest BCUT2D eigenvalue weighted by atomic mass is 10.2. The molecule has 2 aromatic rings. The molecule has 2 N–H and O–H groups in total. The van der Waals surface area contributed by atoms with Crippen molar-refractivity contribution in [2.75, 3.05) is 23.1 Å². The highest BCUT2D eigenvalue weighted by Gasteiger charge is 2.38. The number of ether oxygens (including phenoxy) is 1. The second kappa shape index (κ2) is 8.64. The topological polar surface area (TPSA) is 86.3 Å². The minimum Gasteiger partial charge on any atom is -0.497 e. The summed E-state index contributed by atoms with van der Waals surface area (Å²) < 4.78 is 31.9. The highest BCUT2D eigenvalue weighted by Crippen LogP contribution is 2.28. The molecule has 1 atom stereocenters. The number of anilines is 2. The molecule has 0 saturated carbocycles. The smallest absolute Gasteiger partial charge is 0.276 e. The van der Waals surface area contributed by atoms with Crippen molar-refractivity contribution in [3.8, 4) is 5.75 Å². The van der Waals surface area contributed by atoms with Crippen LogP contribution in [0.3, 0.4) is 0 Å². The fourth-order valence-electron chi connectivity index (χ4n) is 3.00. The van der Waals surface area contributed by atoms with E-state index in [0.717, 1.165) is 23.9 Å². The second-order valence-corrected chi connectivity index (χ2v) is 7.44. The Morgan fingerprint density at radius 3 is 2.87 bits per heavy atom. The number of amides is 2. The molecule has 0 bridgehead atoms. The highest BCUT2D eigenvalue weighted by molar-refractivity contribution is 8.14. The van der Waals surface area contributed by atoms with E-state index in [4.69, 9.17) is 4.74 Å². The molecular weight excluding hydrogens is 428 g/mol. The number of halogens is 2. The predicted molar refractivity (Wildman–Crippen MR) is 113 cm³/mol. The summed E-state index contributed by atoms with van der Waals surface area (Å²) in [4.78, 5) is 28.1. The first-order valence-electron chi connectivity index (χ1n) is 9.11. The maximum Gasteiger partial charge on any atom is 0.276 e.